The fourth-order valence-corrected chi connectivity index (χ4v) is 1.17. The number of benzene rings is 1. The van der Waals surface area contributed by atoms with Gasteiger partial charge in [0, 0.05) is 10.9 Å². The maximum absolute atomic E-state index is 9.18. The van der Waals surface area contributed by atoms with Crippen molar-refractivity contribution in [2.75, 3.05) is 0 Å². The summed E-state index contributed by atoms with van der Waals surface area (Å²) in [5.74, 6) is 0.912. The third-order valence-corrected chi connectivity index (χ3v) is 1.74. The van der Waals surface area contributed by atoms with Gasteiger partial charge in [0.1, 0.15) is 11.5 Å². The molecule has 0 saturated heterocycles. The Hall–Kier alpha value is -1.09. The Bertz CT molecular complexity index is 308. The highest BCUT2D eigenvalue weighted by Crippen LogP contribution is 2.22. The second-order valence-electron chi connectivity index (χ2n) is 3.01. The highest BCUT2D eigenvalue weighted by molar-refractivity contribution is 7.79. The summed E-state index contributed by atoms with van der Waals surface area (Å²) in [6, 6.07) is 4.89. The summed E-state index contributed by atoms with van der Waals surface area (Å²) >= 11 is 4.80. The van der Waals surface area contributed by atoms with Gasteiger partial charge in [-0.1, -0.05) is 12.2 Å². The third kappa shape index (κ3) is 2.70. The van der Waals surface area contributed by atoms with Crippen LogP contribution in [-0.2, 0) is 0 Å². The molecule has 1 aromatic rings. The minimum absolute atomic E-state index is 0.109. The Morgan fingerprint density at radius 2 is 2.15 bits per heavy atom. The van der Waals surface area contributed by atoms with Crippen LogP contribution in [0.2, 0.25) is 0 Å². The summed E-state index contributed by atoms with van der Waals surface area (Å²) < 4.78 is 5.48. The van der Waals surface area contributed by atoms with Crippen LogP contribution in [-0.4, -0.2) is 16.6 Å². The van der Waals surface area contributed by atoms with E-state index in [2.05, 4.69) is 0 Å². The van der Waals surface area contributed by atoms with Crippen molar-refractivity contribution < 1.29 is 9.84 Å². The topological polar surface area (TPSA) is 29.5 Å². The van der Waals surface area contributed by atoms with Crippen LogP contribution < -0.4 is 4.74 Å². The van der Waals surface area contributed by atoms with Gasteiger partial charge in [-0.25, -0.2) is 0 Å². The second kappa shape index (κ2) is 4.23. The Labute approximate surface area is 83.2 Å². The molecule has 0 saturated carbocycles. The first-order chi connectivity index (χ1) is 6.13. The molecule has 0 fully saturated rings. The molecular formula is C10H12O2S. The Morgan fingerprint density at radius 1 is 1.46 bits per heavy atom. The monoisotopic (exact) mass is 196 g/mol. The Balaban J connectivity index is 2.99. The van der Waals surface area contributed by atoms with Gasteiger partial charge in [-0.15, -0.1) is 0 Å². The van der Waals surface area contributed by atoms with Crippen LogP contribution >= 0.6 is 12.2 Å². The van der Waals surface area contributed by atoms with Gasteiger partial charge in [-0.2, -0.15) is 0 Å². The number of rotatable bonds is 3. The number of aromatic hydroxyl groups is 1. The van der Waals surface area contributed by atoms with Gasteiger partial charge >= 0.3 is 0 Å². The molecule has 0 heterocycles. The lowest BCUT2D eigenvalue weighted by atomic mass is 10.2. The molecule has 70 valence electrons. The average Bonchev–Trinajstić information content (AvgIpc) is 2.07. The van der Waals surface area contributed by atoms with E-state index in [4.69, 9.17) is 17.0 Å². The second-order valence-corrected chi connectivity index (χ2v) is 3.24. The Kier molecular flexibility index (Phi) is 3.25. The highest BCUT2D eigenvalue weighted by atomic mass is 32.1. The van der Waals surface area contributed by atoms with Crippen molar-refractivity contribution in [1.82, 2.24) is 0 Å². The van der Waals surface area contributed by atoms with Crippen molar-refractivity contribution in [3.63, 3.8) is 0 Å². The van der Waals surface area contributed by atoms with Gasteiger partial charge in [0.25, 0.3) is 0 Å². The molecule has 0 aliphatic rings. The molecule has 3 heteroatoms. The van der Waals surface area contributed by atoms with Crippen LogP contribution in [0.1, 0.15) is 19.4 Å². The summed E-state index contributed by atoms with van der Waals surface area (Å²) in [4.78, 5) is 0. The summed E-state index contributed by atoms with van der Waals surface area (Å²) in [6.45, 7) is 3.89. The van der Waals surface area contributed by atoms with E-state index in [1.807, 2.05) is 13.8 Å². The number of phenolic OH excluding ortho intramolecular Hbond substituents is 1. The predicted molar refractivity (Wildman–Crippen MR) is 56.6 cm³/mol. The summed E-state index contributed by atoms with van der Waals surface area (Å²) in [7, 11) is 0. The SMILES string of the molecule is CC(C)Oc1ccc(O)cc1C=S. The lowest BCUT2D eigenvalue weighted by molar-refractivity contribution is 0.242. The molecule has 0 amide bonds. The molecule has 2 nitrogen and oxygen atoms in total. The zero-order valence-corrected chi connectivity index (χ0v) is 8.47. The Morgan fingerprint density at radius 3 is 2.69 bits per heavy atom. The van der Waals surface area contributed by atoms with Crippen LogP contribution in [0.3, 0.4) is 0 Å². The van der Waals surface area contributed by atoms with Crippen molar-refractivity contribution in [2.45, 2.75) is 20.0 Å². The molecule has 0 spiro atoms. The van der Waals surface area contributed by atoms with E-state index in [1.165, 1.54) is 5.37 Å². The minimum Gasteiger partial charge on any atom is -0.508 e. The van der Waals surface area contributed by atoms with Crippen molar-refractivity contribution >= 4 is 17.6 Å². The molecule has 0 aromatic heterocycles. The number of thiocarbonyl (C=S) groups is 1. The summed E-state index contributed by atoms with van der Waals surface area (Å²) in [5.41, 5.74) is 0.740. The van der Waals surface area contributed by atoms with Gasteiger partial charge in [0.05, 0.1) is 6.10 Å². The maximum atomic E-state index is 9.18. The standard InChI is InChI=1S/C10H12O2S/c1-7(2)12-10-4-3-9(11)5-8(10)6-13/h3-7,11H,1-2H3. The van der Waals surface area contributed by atoms with Crippen molar-refractivity contribution in [1.29, 1.82) is 0 Å². The molecule has 13 heavy (non-hydrogen) atoms. The number of hydrogen-bond acceptors (Lipinski definition) is 3. The molecule has 0 aliphatic heterocycles. The van der Waals surface area contributed by atoms with Crippen LogP contribution in [0.15, 0.2) is 18.2 Å². The van der Waals surface area contributed by atoms with E-state index in [1.54, 1.807) is 18.2 Å². The van der Waals surface area contributed by atoms with E-state index in [-0.39, 0.29) is 11.9 Å². The average molecular weight is 196 g/mol. The molecule has 0 radical (unpaired) electrons. The van der Waals surface area contributed by atoms with Crippen molar-refractivity contribution in [3.05, 3.63) is 23.8 Å². The number of ether oxygens (including phenoxy) is 1. The van der Waals surface area contributed by atoms with E-state index >= 15 is 0 Å². The quantitative estimate of drug-likeness (QED) is 0.753. The first kappa shape index (κ1) is 9.99. The maximum Gasteiger partial charge on any atom is 0.128 e. The molecule has 0 bridgehead atoms. The predicted octanol–water partition coefficient (Wildman–Crippen LogP) is 2.53. The minimum atomic E-state index is 0.109. The lowest BCUT2D eigenvalue weighted by Crippen LogP contribution is -2.06. The van der Waals surface area contributed by atoms with Crippen molar-refractivity contribution in [3.8, 4) is 11.5 Å². The van der Waals surface area contributed by atoms with Crippen molar-refractivity contribution in [2.24, 2.45) is 0 Å². The van der Waals surface area contributed by atoms with Crippen LogP contribution in [0.25, 0.3) is 0 Å². The van der Waals surface area contributed by atoms with Gasteiger partial charge in [-0.3, -0.25) is 0 Å². The number of hydrogen-bond donors (Lipinski definition) is 1. The zero-order valence-electron chi connectivity index (χ0n) is 7.65. The highest BCUT2D eigenvalue weighted by Gasteiger charge is 2.03. The van der Waals surface area contributed by atoms with Gasteiger partial charge in [-0.05, 0) is 32.0 Å². The third-order valence-electron chi connectivity index (χ3n) is 1.48. The first-order valence-corrected chi connectivity index (χ1v) is 4.55. The smallest absolute Gasteiger partial charge is 0.128 e. The van der Waals surface area contributed by atoms with E-state index in [0.29, 0.717) is 5.75 Å². The molecule has 1 aromatic carbocycles. The van der Waals surface area contributed by atoms with E-state index in [9.17, 15) is 5.11 Å². The molecule has 1 N–H and O–H groups in total. The molecular weight excluding hydrogens is 184 g/mol. The normalized spacial score (nSPS) is 10.1. The van der Waals surface area contributed by atoms with E-state index < -0.39 is 0 Å². The summed E-state index contributed by atoms with van der Waals surface area (Å²) in [6.07, 6.45) is 0.109. The van der Waals surface area contributed by atoms with Crippen LogP contribution in [0, 0.1) is 0 Å². The molecule has 0 unspecified atom stereocenters. The molecule has 0 atom stereocenters. The van der Waals surface area contributed by atoms with E-state index in [0.717, 1.165) is 5.56 Å². The molecule has 1 rings (SSSR count). The first-order valence-electron chi connectivity index (χ1n) is 4.08. The summed E-state index contributed by atoms with van der Waals surface area (Å²) in [5, 5.41) is 10.7. The van der Waals surface area contributed by atoms with Gasteiger partial charge < -0.3 is 9.84 Å². The largest absolute Gasteiger partial charge is 0.508 e. The zero-order chi connectivity index (χ0) is 9.84. The van der Waals surface area contributed by atoms with Crippen LogP contribution in [0.4, 0.5) is 0 Å². The van der Waals surface area contributed by atoms with Gasteiger partial charge in [0.2, 0.25) is 0 Å². The number of phenols is 1. The fourth-order valence-electron chi connectivity index (χ4n) is 0.989. The fraction of sp³-hybridized carbons (Fsp3) is 0.300. The lowest BCUT2D eigenvalue weighted by Gasteiger charge is -2.11. The van der Waals surface area contributed by atoms with Crippen LogP contribution in [0.5, 0.6) is 11.5 Å². The molecule has 0 aliphatic carbocycles. The van der Waals surface area contributed by atoms with Gasteiger partial charge in [0.15, 0.2) is 0 Å².